The number of halogens is 2. The van der Waals surface area contributed by atoms with E-state index in [2.05, 4.69) is 0 Å². The van der Waals surface area contributed by atoms with Gasteiger partial charge in [-0.25, -0.2) is 8.78 Å². The maximum atomic E-state index is 13.7. The molecule has 18 heavy (non-hydrogen) atoms. The maximum Gasteiger partial charge on any atom is 0.248 e. The number of nitrogens with zero attached hydrogens (tertiary/aromatic N) is 1. The third-order valence-electron chi connectivity index (χ3n) is 3.40. The van der Waals surface area contributed by atoms with Gasteiger partial charge >= 0.3 is 0 Å². The van der Waals surface area contributed by atoms with Crippen molar-refractivity contribution in [3.8, 4) is 0 Å². The molecule has 0 saturated carbocycles. The van der Waals surface area contributed by atoms with Crippen molar-refractivity contribution in [1.82, 2.24) is 0 Å². The van der Waals surface area contributed by atoms with Crippen LogP contribution >= 0.6 is 0 Å². The Morgan fingerprint density at radius 2 is 2.11 bits per heavy atom. The Labute approximate surface area is 105 Å². The SMILES string of the molecule is CCC(C)CN1C(=O)C(N)c2c(F)cc(F)cc21. The quantitative estimate of drug-likeness (QED) is 0.900. The summed E-state index contributed by atoms with van der Waals surface area (Å²) >= 11 is 0. The van der Waals surface area contributed by atoms with E-state index in [4.69, 9.17) is 5.73 Å². The highest BCUT2D eigenvalue weighted by atomic mass is 19.1. The van der Waals surface area contributed by atoms with Crippen molar-refractivity contribution in [2.75, 3.05) is 11.4 Å². The van der Waals surface area contributed by atoms with E-state index in [-0.39, 0.29) is 23.1 Å². The summed E-state index contributed by atoms with van der Waals surface area (Å²) in [5.41, 5.74) is 6.07. The van der Waals surface area contributed by atoms with Gasteiger partial charge in [0.1, 0.15) is 17.7 Å². The van der Waals surface area contributed by atoms with Crippen molar-refractivity contribution >= 4 is 11.6 Å². The molecule has 2 atom stereocenters. The van der Waals surface area contributed by atoms with Crippen LogP contribution in [0.3, 0.4) is 0 Å². The zero-order valence-electron chi connectivity index (χ0n) is 10.4. The fourth-order valence-electron chi connectivity index (χ4n) is 2.14. The molecule has 0 radical (unpaired) electrons. The standard InChI is InChI=1S/C13H16F2N2O/c1-3-7(2)6-17-10-5-8(14)4-9(15)11(10)12(16)13(17)18/h4-5,7,12H,3,6,16H2,1-2H3. The number of rotatable bonds is 3. The second kappa shape index (κ2) is 4.65. The van der Waals surface area contributed by atoms with Gasteiger partial charge in [-0.3, -0.25) is 4.79 Å². The van der Waals surface area contributed by atoms with Crippen LogP contribution in [0, 0.1) is 17.6 Å². The number of anilines is 1. The van der Waals surface area contributed by atoms with Gasteiger partial charge in [0, 0.05) is 18.2 Å². The number of hydrogen-bond donors (Lipinski definition) is 1. The average molecular weight is 254 g/mol. The number of carbonyl (C=O) groups is 1. The molecule has 3 nitrogen and oxygen atoms in total. The van der Waals surface area contributed by atoms with Crippen molar-refractivity contribution in [3.63, 3.8) is 0 Å². The zero-order chi connectivity index (χ0) is 13.4. The predicted octanol–water partition coefficient (Wildman–Crippen LogP) is 2.36. The van der Waals surface area contributed by atoms with E-state index < -0.39 is 17.7 Å². The number of carbonyl (C=O) groups excluding carboxylic acids is 1. The van der Waals surface area contributed by atoms with Crippen molar-refractivity contribution in [3.05, 3.63) is 29.3 Å². The smallest absolute Gasteiger partial charge is 0.248 e. The zero-order valence-corrected chi connectivity index (χ0v) is 10.4. The van der Waals surface area contributed by atoms with Crippen molar-refractivity contribution in [2.45, 2.75) is 26.3 Å². The highest BCUT2D eigenvalue weighted by Gasteiger charge is 2.38. The first kappa shape index (κ1) is 13.0. The molecule has 2 rings (SSSR count). The Morgan fingerprint density at radius 3 is 2.72 bits per heavy atom. The first-order valence-electron chi connectivity index (χ1n) is 6.01. The summed E-state index contributed by atoms with van der Waals surface area (Å²) in [6, 6.07) is 0.911. The lowest BCUT2D eigenvalue weighted by atomic mass is 10.1. The normalized spacial score (nSPS) is 20.2. The Morgan fingerprint density at radius 1 is 1.44 bits per heavy atom. The molecule has 98 valence electrons. The van der Waals surface area contributed by atoms with Gasteiger partial charge in [-0.15, -0.1) is 0 Å². The van der Waals surface area contributed by atoms with E-state index in [1.165, 1.54) is 11.0 Å². The molecule has 1 aromatic carbocycles. The summed E-state index contributed by atoms with van der Waals surface area (Å²) in [6.07, 6.45) is 0.881. The summed E-state index contributed by atoms with van der Waals surface area (Å²) in [7, 11) is 0. The Balaban J connectivity index is 2.44. The van der Waals surface area contributed by atoms with Gasteiger partial charge in [0.25, 0.3) is 0 Å². The molecule has 1 aliphatic heterocycles. The van der Waals surface area contributed by atoms with Crippen LogP contribution in [-0.4, -0.2) is 12.5 Å². The first-order chi connectivity index (χ1) is 8.45. The van der Waals surface area contributed by atoms with Gasteiger partial charge in [0.05, 0.1) is 5.69 Å². The van der Waals surface area contributed by atoms with Crippen LogP contribution < -0.4 is 10.6 Å². The van der Waals surface area contributed by atoms with Gasteiger partial charge in [-0.1, -0.05) is 20.3 Å². The van der Waals surface area contributed by atoms with Crippen LogP contribution in [0.15, 0.2) is 12.1 Å². The minimum absolute atomic E-state index is 0.102. The summed E-state index contributed by atoms with van der Waals surface area (Å²) < 4.78 is 26.9. The molecule has 1 aromatic rings. The molecule has 0 saturated heterocycles. The van der Waals surface area contributed by atoms with E-state index in [1.54, 1.807) is 0 Å². The lowest BCUT2D eigenvalue weighted by Gasteiger charge is -2.21. The van der Waals surface area contributed by atoms with Crippen LogP contribution in [0.25, 0.3) is 0 Å². The van der Waals surface area contributed by atoms with Crippen LogP contribution in [0.1, 0.15) is 31.9 Å². The molecular formula is C13H16F2N2O. The molecule has 5 heteroatoms. The van der Waals surface area contributed by atoms with Crippen molar-refractivity contribution in [1.29, 1.82) is 0 Å². The predicted molar refractivity (Wildman–Crippen MR) is 65.1 cm³/mol. The topological polar surface area (TPSA) is 46.3 Å². The maximum absolute atomic E-state index is 13.7. The van der Waals surface area contributed by atoms with Gasteiger partial charge in [-0.05, 0) is 12.0 Å². The third kappa shape index (κ3) is 1.99. The van der Waals surface area contributed by atoms with Gasteiger partial charge in [0.2, 0.25) is 5.91 Å². The summed E-state index contributed by atoms with van der Waals surface area (Å²) in [4.78, 5) is 13.4. The number of hydrogen-bond acceptors (Lipinski definition) is 2. The first-order valence-corrected chi connectivity index (χ1v) is 6.01. The van der Waals surface area contributed by atoms with Gasteiger partial charge in [0.15, 0.2) is 0 Å². The number of fused-ring (bicyclic) bond motifs is 1. The second-order valence-corrected chi connectivity index (χ2v) is 4.76. The fraction of sp³-hybridized carbons (Fsp3) is 0.462. The largest absolute Gasteiger partial charge is 0.316 e. The van der Waals surface area contributed by atoms with Crippen LogP contribution in [0.5, 0.6) is 0 Å². The third-order valence-corrected chi connectivity index (χ3v) is 3.40. The second-order valence-electron chi connectivity index (χ2n) is 4.76. The summed E-state index contributed by atoms with van der Waals surface area (Å²) in [5.74, 6) is -1.56. The van der Waals surface area contributed by atoms with E-state index in [1.807, 2.05) is 13.8 Å². The van der Waals surface area contributed by atoms with E-state index >= 15 is 0 Å². The molecule has 1 amide bonds. The van der Waals surface area contributed by atoms with Gasteiger partial charge in [-0.2, -0.15) is 0 Å². The average Bonchev–Trinajstić information content (AvgIpc) is 2.54. The van der Waals surface area contributed by atoms with Gasteiger partial charge < -0.3 is 10.6 Å². The number of nitrogens with two attached hydrogens (primary N) is 1. The van der Waals surface area contributed by atoms with Crippen molar-refractivity contribution in [2.24, 2.45) is 11.7 Å². The van der Waals surface area contributed by atoms with Crippen LogP contribution in [0.4, 0.5) is 14.5 Å². The molecule has 1 aliphatic rings. The van der Waals surface area contributed by atoms with E-state index in [0.29, 0.717) is 6.54 Å². The highest BCUT2D eigenvalue weighted by Crippen LogP contribution is 2.37. The minimum Gasteiger partial charge on any atom is -0.316 e. The monoisotopic (exact) mass is 254 g/mol. The number of amides is 1. The molecule has 2 N–H and O–H groups in total. The Kier molecular flexibility index (Phi) is 3.34. The molecular weight excluding hydrogens is 238 g/mol. The molecule has 0 fully saturated rings. The van der Waals surface area contributed by atoms with E-state index in [9.17, 15) is 13.6 Å². The van der Waals surface area contributed by atoms with Crippen LogP contribution in [0.2, 0.25) is 0 Å². The summed E-state index contributed by atoms with van der Waals surface area (Å²) in [6.45, 7) is 4.41. The Bertz CT molecular complexity index is 490. The minimum atomic E-state index is -1.02. The van der Waals surface area contributed by atoms with Crippen LogP contribution in [-0.2, 0) is 4.79 Å². The molecule has 0 aliphatic carbocycles. The summed E-state index contributed by atoms with van der Waals surface area (Å²) in [5, 5.41) is 0. The highest BCUT2D eigenvalue weighted by molar-refractivity contribution is 6.04. The molecule has 0 bridgehead atoms. The number of benzene rings is 1. The molecule has 0 spiro atoms. The lowest BCUT2D eigenvalue weighted by Crippen LogP contribution is -2.34. The molecule has 0 aromatic heterocycles. The van der Waals surface area contributed by atoms with E-state index in [0.717, 1.165) is 12.5 Å². The molecule has 1 heterocycles. The lowest BCUT2D eigenvalue weighted by molar-refractivity contribution is -0.119. The Hall–Kier alpha value is -1.49. The molecule has 2 unspecified atom stereocenters. The van der Waals surface area contributed by atoms with Crippen molar-refractivity contribution < 1.29 is 13.6 Å². The fourth-order valence-corrected chi connectivity index (χ4v) is 2.14.